The Morgan fingerprint density at radius 3 is 2.58 bits per heavy atom. The Morgan fingerprint density at radius 2 is 1.89 bits per heavy atom. The Labute approximate surface area is 207 Å². The molecule has 0 saturated carbocycles. The maximum absolute atomic E-state index is 14.4. The van der Waals surface area contributed by atoms with E-state index < -0.39 is 23.3 Å². The first-order chi connectivity index (χ1) is 17.0. The van der Waals surface area contributed by atoms with Gasteiger partial charge in [0.15, 0.2) is 5.70 Å². The number of carbonyl (C=O) groups is 2. The van der Waals surface area contributed by atoms with Crippen molar-refractivity contribution in [2.24, 2.45) is 0 Å². The molecule has 2 aliphatic rings. The number of carbonyl (C=O) groups excluding carboxylic acids is 2. The molecule has 0 aliphatic carbocycles. The first-order valence-corrected chi connectivity index (χ1v) is 11.4. The topological polar surface area (TPSA) is 99.3 Å². The van der Waals surface area contributed by atoms with Crippen molar-refractivity contribution in [2.75, 3.05) is 41.5 Å². The van der Waals surface area contributed by atoms with Crippen LogP contribution >= 0.6 is 0 Å². The van der Waals surface area contributed by atoms with Crippen LogP contribution < -0.4 is 20.8 Å². The summed E-state index contributed by atoms with van der Waals surface area (Å²) in [6.45, 7) is 8.98. The lowest BCUT2D eigenvalue weighted by Crippen LogP contribution is -2.38. The summed E-state index contributed by atoms with van der Waals surface area (Å²) in [5, 5.41) is 3.98. The molecule has 1 amide bonds. The summed E-state index contributed by atoms with van der Waals surface area (Å²) in [4.78, 5) is 31.4. The van der Waals surface area contributed by atoms with Crippen LogP contribution in [-0.4, -0.2) is 54.0 Å². The van der Waals surface area contributed by atoms with Crippen LogP contribution in [0.4, 0.5) is 25.9 Å². The number of hydrogen-bond acceptors (Lipinski definition) is 9. The molecule has 10 nitrogen and oxygen atoms in total. The predicted molar refractivity (Wildman–Crippen MR) is 129 cm³/mol. The molecule has 36 heavy (non-hydrogen) atoms. The Hall–Kier alpha value is -3.77. The third kappa shape index (κ3) is 5.89. The molecule has 0 unspecified atom stereocenters. The third-order valence-electron chi connectivity index (χ3n) is 5.37. The number of esters is 1. The number of anilines is 3. The summed E-state index contributed by atoms with van der Waals surface area (Å²) < 4.78 is 39.3. The number of benzene rings is 1. The normalized spacial score (nSPS) is 16.2. The predicted octanol–water partition coefficient (Wildman–Crippen LogP) is 3.23. The van der Waals surface area contributed by atoms with E-state index >= 15 is 0 Å². The van der Waals surface area contributed by atoms with Crippen molar-refractivity contribution in [3.63, 3.8) is 0 Å². The lowest BCUT2D eigenvalue weighted by atomic mass is 10.1. The number of rotatable bonds is 5. The van der Waals surface area contributed by atoms with Crippen LogP contribution in [0.5, 0.6) is 0 Å². The molecule has 192 valence electrons. The van der Waals surface area contributed by atoms with Crippen LogP contribution in [0.2, 0.25) is 0 Å². The van der Waals surface area contributed by atoms with E-state index in [0.29, 0.717) is 49.1 Å². The molecule has 0 radical (unpaired) electrons. The highest BCUT2D eigenvalue weighted by molar-refractivity contribution is 6.05. The van der Waals surface area contributed by atoms with Crippen LogP contribution in [0.25, 0.3) is 0 Å². The molecule has 2 aliphatic heterocycles. The van der Waals surface area contributed by atoms with E-state index in [1.165, 1.54) is 23.5 Å². The van der Waals surface area contributed by atoms with Gasteiger partial charge in [-0.1, -0.05) is 4.48 Å². The lowest BCUT2D eigenvalue weighted by Gasteiger charge is -2.29. The van der Waals surface area contributed by atoms with Gasteiger partial charge in [-0.05, 0) is 52.0 Å². The molecule has 1 aromatic carbocycles. The molecule has 1 saturated heterocycles. The Bertz CT molecular complexity index is 1190. The van der Waals surface area contributed by atoms with E-state index in [9.17, 15) is 18.5 Å². The highest BCUT2D eigenvalue weighted by atomic mass is 19.2. The molecule has 12 heteroatoms. The van der Waals surface area contributed by atoms with Gasteiger partial charge in [0.25, 0.3) is 5.91 Å². The summed E-state index contributed by atoms with van der Waals surface area (Å²) in [6.07, 6.45) is 2.66. The molecule has 0 spiro atoms. The van der Waals surface area contributed by atoms with Crippen LogP contribution in [0.1, 0.15) is 36.8 Å². The summed E-state index contributed by atoms with van der Waals surface area (Å²) in [7, 11) is 0. The summed E-state index contributed by atoms with van der Waals surface area (Å²) in [5.41, 5.74) is 3.13. The zero-order valence-corrected chi connectivity index (χ0v) is 20.5. The zero-order chi connectivity index (χ0) is 26.0. The Balaban J connectivity index is 1.53. The Morgan fingerprint density at radius 1 is 1.17 bits per heavy atom. The van der Waals surface area contributed by atoms with E-state index in [1.54, 1.807) is 39.8 Å². The zero-order valence-electron chi connectivity index (χ0n) is 20.5. The second-order valence-electron chi connectivity index (χ2n) is 9.35. The minimum Gasteiger partial charge on any atom is -0.455 e. The van der Waals surface area contributed by atoms with Crippen LogP contribution in [-0.2, 0) is 14.3 Å². The van der Waals surface area contributed by atoms with E-state index in [0.717, 1.165) is 6.07 Å². The van der Waals surface area contributed by atoms with Crippen LogP contribution in [0.3, 0.4) is 0 Å². The number of morpholine rings is 1. The first-order valence-electron chi connectivity index (χ1n) is 11.4. The van der Waals surface area contributed by atoms with Gasteiger partial charge in [0.05, 0.1) is 42.7 Å². The van der Waals surface area contributed by atoms with Crippen LogP contribution in [0, 0.1) is 12.7 Å². The molecule has 4 rings (SSSR count). The van der Waals surface area contributed by atoms with Crippen molar-refractivity contribution in [2.45, 2.75) is 33.3 Å². The van der Waals surface area contributed by atoms with Gasteiger partial charge in [-0.25, -0.2) is 9.18 Å². The van der Waals surface area contributed by atoms with E-state index in [2.05, 4.69) is 15.8 Å². The molecule has 0 atom stereocenters. The largest absolute Gasteiger partial charge is 0.455 e. The maximum Gasteiger partial charge on any atom is 0.361 e. The monoisotopic (exact) mass is 502 g/mol. The number of aromatic nitrogens is 1. The van der Waals surface area contributed by atoms with Crippen molar-refractivity contribution in [1.82, 2.24) is 15.7 Å². The van der Waals surface area contributed by atoms with Crippen molar-refractivity contribution in [1.29, 1.82) is 0 Å². The second-order valence-corrected chi connectivity index (χ2v) is 9.35. The van der Waals surface area contributed by atoms with Gasteiger partial charge in [-0.3, -0.25) is 14.8 Å². The number of pyridine rings is 1. The third-order valence-corrected chi connectivity index (χ3v) is 5.37. The number of aryl methyl sites for hydroxylation is 1. The lowest BCUT2D eigenvalue weighted by molar-refractivity contribution is -0.155. The van der Waals surface area contributed by atoms with Crippen molar-refractivity contribution < 1.29 is 27.9 Å². The standard InChI is InChI=1S/C24H28F2N6O4/c1-15-20(31-14-21(32(26)29-31)23(34)36-24(2,3)4)12-18(13-27-15)28-22(33)16-9-17(25)11-19(10-16)30-5-7-35-8-6-30/h9-14,29H,5-8H2,1-4H3,(H,28,33). The smallest absolute Gasteiger partial charge is 0.361 e. The van der Waals surface area contributed by atoms with Gasteiger partial charge in [0.1, 0.15) is 11.4 Å². The Kier molecular flexibility index (Phi) is 7.09. The minimum atomic E-state index is -0.850. The average molecular weight is 503 g/mol. The number of nitrogens with one attached hydrogen (secondary N) is 2. The summed E-state index contributed by atoms with van der Waals surface area (Å²) >= 11 is 0. The molecule has 2 aromatic rings. The van der Waals surface area contributed by atoms with Gasteiger partial charge in [-0.15, -0.1) is 10.8 Å². The van der Waals surface area contributed by atoms with Gasteiger partial charge in [-0.2, -0.15) is 0 Å². The number of halogens is 2. The molecule has 1 fully saturated rings. The van der Waals surface area contributed by atoms with E-state index in [1.807, 2.05) is 4.90 Å². The minimum absolute atomic E-state index is 0.0404. The van der Waals surface area contributed by atoms with Crippen molar-refractivity contribution >= 4 is 28.9 Å². The number of ether oxygens (including phenoxy) is 2. The quantitative estimate of drug-likeness (QED) is 0.472. The van der Waals surface area contributed by atoms with Gasteiger partial charge in [0, 0.05) is 24.3 Å². The fraction of sp³-hybridized carbons (Fsp3) is 0.375. The molecule has 3 heterocycles. The fourth-order valence-electron chi connectivity index (χ4n) is 3.68. The molecular formula is C24H28F2N6O4. The van der Waals surface area contributed by atoms with Crippen molar-refractivity contribution in [3.05, 3.63) is 59.4 Å². The number of nitrogens with zero attached hydrogens (tertiary/aromatic N) is 4. The molecule has 1 aromatic heterocycles. The van der Waals surface area contributed by atoms with E-state index in [4.69, 9.17) is 9.47 Å². The van der Waals surface area contributed by atoms with E-state index in [-0.39, 0.29) is 16.5 Å². The summed E-state index contributed by atoms with van der Waals surface area (Å²) in [6, 6.07) is 5.70. The van der Waals surface area contributed by atoms with Gasteiger partial charge < -0.3 is 19.7 Å². The summed E-state index contributed by atoms with van der Waals surface area (Å²) in [5.74, 6) is -1.92. The van der Waals surface area contributed by atoms with Crippen LogP contribution in [0.15, 0.2) is 42.4 Å². The highest BCUT2D eigenvalue weighted by Gasteiger charge is 2.32. The number of hydrazine groups is 2. The van der Waals surface area contributed by atoms with Gasteiger partial charge in [0.2, 0.25) is 0 Å². The molecule has 0 bridgehead atoms. The second kappa shape index (κ2) is 10.1. The molecule has 2 N–H and O–H groups in total. The van der Waals surface area contributed by atoms with Crippen molar-refractivity contribution in [3.8, 4) is 0 Å². The SMILES string of the molecule is Cc1ncc(NC(=O)c2cc(F)cc(N3CCOCC3)c2)cc1N1C=C(C(=O)OC(C)(C)C)N(F)N1. The molecular weight excluding hydrogens is 474 g/mol. The number of hydrogen-bond donors (Lipinski definition) is 2. The van der Waals surface area contributed by atoms with Gasteiger partial charge >= 0.3 is 5.97 Å². The first kappa shape index (κ1) is 25.3. The highest BCUT2D eigenvalue weighted by Crippen LogP contribution is 2.27. The average Bonchev–Trinajstić information content (AvgIpc) is 3.21. The fourth-order valence-corrected chi connectivity index (χ4v) is 3.68. The number of amides is 1. The maximum atomic E-state index is 14.4.